The maximum atomic E-state index is 8.98. The number of nitrogens with zero attached hydrogens (tertiary/aromatic N) is 1. The van der Waals surface area contributed by atoms with Crippen LogP contribution >= 0.6 is 0 Å². The van der Waals surface area contributed by atoms with E-state index in [0.29, 0.717) is 13.0 Å². The molecule has 4 nitrogen and oxygen atoms in total. The van der Waals surface area contributed by atoms with E-state index in [-0.39, 0.29) is 18.1 Å². The third-order valence-electron chi connectivity index (χ3n) is 2.83. The molecule has 1 unspecified atom stereocenters. The Morgan fingerprint density at radius 1 is 1.39 bits per heavy atom. The van der Waals surface area contributed by atoms with Crippen LogP contribution in [0.1, 0.15) is 32.8 Å². The van der Waals surface area contributed by atoms with Gasteiger partial charge in [-0.15, -0.1) is 0 Å². The predicted octanol–water partition coefficient (Wildman–Crippen LogP) is 2.19. The molecule has 0 fully saturated rings. The summed E-state index contributed by atoms with van der Waals surface area (Å²) in [6, 6.07) is 4.15. The van der Waals surface area contributed by atoms with Gasteiger partial charge in [-0.25, -0.2) is 4.98 Å². The number of rotatable bonds is 6. The van der Waals surface area contributed by atoms with Crippen molar-refractivity contribution in [3.8, 4) is 0 Å². The smallest absolute Gasteiger partial charge is 0.126 e. The van der Waals surface area contributed by atoms with Crippen LogP contribution in [-0.2, 0) is 10.2 Å². The highest BCUT2D eigenvalue weighted by Gasteiger charge is 2.14. The van der Waals surface area contributed by atoms with Gasteiger partial charge in [0.05, 0.1) is 12.6 Å². The van der Waals surface area contributed by atoms with Crippen molar-refractivity contribution in [2.24, 2.45) is 0 Å². The van der Waals surface area contributed by atoms with Crippen LogP contribution in [0.3, 0.4) is 0 Å². The van der Waals surface area contributed by atoms with Crippen molar-refractivity contribution >= 4 is 5.82 Å². The number of pyridine rings is 1. The lowest BCUT2D eigenvalue weighted by Gasteiger charge is -2.20. The van der Waals surface area contributed by atoms with E-state index < -0.39 is 0 Å². The number of anilines is 1. The summed E-state index contributed by atoms with van der Waals surface area (Å²) in [5, 5.41) is 12.2. The van der Waals surface area contributed by atoms with Crippen LogP contribution in [0.25, 0.3) is 0 Å². The zero-order valence-electron chi connectivity index (χ0n) is 11.7. The zero-order chi connectivity index (χ0) is 13.6. The number of hydrogen-bond donors (Lipinski definition) is 2. The molecule has 1 aromatic rings. The molecule has 1 aromatic heterocycles. The van der Waals surface area contributed by atoms with Crippen molar-refractivity contribution in [2.75, 3.05) is 25.6 Å². The normalized spacial score (nSPS) is 13.4. The van der Waals surface area contributed by atoms with Gasteiger partial charge in [-0.3, -0.25) is 0 Å². The summed E-state index contributed by atoms with van der Waals surface area (Å²) in [5.74, 6) is 0.818. The minimum Gasteiger partial charge on any atom is -0.396 e. The summed E-state index contributed by atoms with van der Waals surface area (Å²) >= 11 is 0. The van der Waals surface area contributed by atoms with Gasteiger partial charge >= 0.3 is 0 Å². The van der Waals surface area contributed by atoms with Gasteiger partial charge in [0.25, 0.3) is 0 Å². The molecule has 18 heavy (non-hydrogen) atoms. The Balaban J connectivity index is 2.67. The van der Waals surface area contributed by atoms with Gasteiger partial charge in [-0.1, -0.05) is 26.8 Å². The molecule has 1 heterocycles. The summed E-state index contributed by atoms with van der Waals surface area (Å²) in [7, 11) is 1.65. The average molecular weight is 252 g/mol. The average Bonchev–Trinajstić information content (AvgIpc) is 2.29. The standard InChI is InChI=1S/C14H24N2O2/c1-14(2,3)11-5-6-13(15-9-11)16-12(7-8-17)10-18-4/h5-6,9,12,17H,7-8,10H2,1-4H3,(H,15,16). The first-order chi connectivity index (χ1) is 8.47. The molecule has 0 saturated carbocycles. The first-order valence-corrected chi connectivity index (χ1v) is 6.30. The molecular weight excluding hydrogens is 228 g/mol. The predicted molar refractivity (Wildman–Crippen MR) is 73.9 cm³/mol. The zero-order valence-corrected chi connectivity index (χ0v) is 11.7. The molecule has 1 atom stereocenters. The summed E-state index contributed by atoms with van der Waals surface area (Å²) in [6.07, 6.45) is 2.54. The number of ether oxygens (including phenoxy) is 1. The maximum Gasteiger partial charge on any atom is 0.126 e. The number of aliphatic hydroxyl groups excluding tert-OH is 1. The summed E-state index contributed by atoms with van der Waals surface area (Å²) in [4.78, 5) is 4.40. The van der Waals surface area contributed by atoms with Crippen LogP contribution in [0.15, 0.2) is 18.3 Å². The minimum absolute atomic E-state index is 0.0907. The minimum atomic E-state index is 0.0907. The Kier molecular flexibility index (Phi) is 5.56. The van der Waals surface area contributed by atoms with Crippen molar-refractivity contribution in [3.63, 3.8) is 0 Å². The monoisotopic (exact) mass is 252 g/mol. The quantitative estimate of drug-likeness (QED) is 0.815. The SMILES string of the molecule is COCC(CCO)Nc1ccc(C(C)(C)C)cn1. The first-order valence-electron chi connectivity index (χ1n) is 6.30. The number of nitrogens with one attached hydrogen (secondary N) is 1. The second kappa shape index (κ2) is 6.71. The highest BCUT2D eigenvalue weighted by Crippen LogP contribution is 2.22. The van der Waals surface area contributed by atoms with Crippen LogP contribution in [0.5, 0.6) is 0 Å². The summed E-state index contributed by atoms with van der Waals surface area (Å²) in [5.41, 5.74) is 1.32. The second-order valence-corrected chi connectivity index (χ2v) is 5.49. The second-order valence-electron chi connectivity index (χ2n) is 5.49. The third-order valence-corrected chi connectivity index (χ3v) is 2.83. The lowest BCUT2D eigenvalue weighted by Crippen LogP contribution is -2.26. The molecule has 0 radical (unpaired) electrons. The van der Waals surface area contributed by atoms with Crippen LogP contribution in [0.4, 0.5) is 5.82 Å². The van der Waals surface area contributed by atoms with E-state index in [1.165, 1.54) is 5.56 Å². The van der Waals surface area contributed by atoms with Gasteiger partial charge in [-0.05, 0) is 23.5 Å². The van der Waals surface area contributed by atoms with Gasteiger partial charge in [-0.2, -0.15) is 0 Å². The molecule has 1 rings (SSSR count). The van der Waals surface area contributed by atoms with Crippen LogP contribution in [0, 0.1) is 0 Å². The molecule has 2 N–H and O–H groups in total. The molecule has 0 aliphatic heterocycles. The molecule has 4 heteroatoms. The molecule has 102 valence electrons. The van der Waals surface area contributed by atoms with Gasteiger partial charge in [0, 0.05) is 19.9 Å². The van der Waals surface area contributed by atoms with Crippen molar-refractivity contribution in [1.82, 2.24) is 4.98 Å². The van der Waals surface area contributed by atoms with Gasteiger partial charge in [0.15, 0.2) is 0 Å². The number of hydrogen-bond acceptors (Lipinski definition) is 4. The van der Waals surface area contributed by atoms with Crippen molar-refractivity contribution in [1.29, 1.82) is 0 Å². The van der Waals surface area contributed by atoms with Gasteiger partial charge in [0.2, 0.25) is 0 Å². The van der Waals surface area contributed by atoms with Crippen molar-refractivity contribution < 1.29 is 9.84 Å². The highest BCUT2D eigenvalue weighted by atomic mass is 16.5. The van der Waals surface area contributed by atoms with Crippen LogP contribution < -0.4 is 5.32 Å². The van der Waals surface area contributed by atoms with E-state index in [9.17, 15) is 0 Å². The molecule has 0 aromatic carbocycles. The first kappa shape index (κ1) is 14.9. The highest BCUT2D eigenvalue weighted by molar-refractivity contribution is 5.38. The van der Waals surface area contributed by atoms with E-state index in [4.69, 9.17) is 9.84 Å². The molecule has 0 amide bonds. The molecule has 0 saturated heterocycles. The molecule has 0 aliphatic carbocycles. The van der Waals surface area contributed by atoms with Gasteiger partial charge < -0.3 is 15.2 Å². The van der Waals surface area contributed by atoms with Crippen LogP contribution in [0.2, 0.25) is 0 Å². The Morgan fingerprint density at radius 2 is 2.11 bits per heavy atom. The molecular formula is C14H24N2O2. The van der Waals surface area contributed by atoms with E-state index >= 15 is 0 Å². The Labute approximate surface area is 109 Å². The molecule has 0 bridgehead atoms. The number of aromatic nitrogens is 1. The fraction of sp³-hybridized carbons (Fsp3) is 0.643. The van der Waals surface area contributed by atoms with Crippen molar-refractivity contribution in [2.45, 2.75) is 38.6 Å². The maximum absolute atomic E-state index is 8.98. The fourth-order valence-electron chi connectivity index (χ4n) is 1.69. The van der Waals surface area contributed by atoms with Crippen LogP contribution in [-0.4, -0.2) is 36.5 Å². The fourth-order valence-corrected chi connectivity index (χ4v) is 1.69. The third kappa shape index (κ3) is 4.63. The lowest BCUT2D eigenvalue weighted by molar-refractivity contribution is 0.170. The topological polar surface area (TPSA) is 54.4 Å². The number of aliphatic hydroxyl groups is 1. The Morgan fingerprint density at radius 3 is 2.56 bits per heavy atom. The van der Waals surface area contributed by atoms with E-state index in [2.05, 4.69) is 37.1 Å². The number of methoxy groups -OCH3 is 1. The van der Waals surface area contributed by atoms with Crippen molar-refractivity contribution in [3.05, 3.63) is 23.9 Å². The Bertz CT molecular complexity index is 338. The summed E-state index contributed by atoms with van der Waals surface area (Å²) in [6.45, 7) is 7.19. The largest absolute Gasteiger partial charge is 0.396 e. The van der Waals surface area contributed by atoms with E-state index in [1.54, 1.807) is 7.11 Å². The molecule has 0 spiro atoms. The molecule has 0 aliphatic rings. The lowest BCUT2D eigenvalue weighted by atomic mass is 9.88. The van der Waals surface area contributed by atoms with Gasteiger partial charge in [0.1, 0.15) is 5.82 Å². The summed E-state index contributed by atoms with van der Waals surface area (Å²) < 4.78 is 5.11. The van der Waals surface area contributed by atoms with E-state index in [1.807, 2.05) is 12.3 Å². The van der Waals surface area contributed by atoms with E-state index in [0.717, 1.165) is 5.82 Å². The Hall–Kier alpha value is -1.13.